The van der Waals surface area contributed by atoms with E-state index in [1.807, 2.05) is 25.1 Å². The Bertz CT molecular complexity index is 1370. The molecule has 0 fully saturated rings. The van der Waals surface area contributed by atoms with Gasteiger partial charge in [0, 0.05) is 17.5 Å². The molecule has 35 heavy (non-hydrogen) atoms. The number of benzene rings is 3. The lowest BCUT2D eigenvalue weighted by Crippen LogP contribution is -2.16. The zero-order valence-electron chi connectivity index (χ0n) is 18.6. The van der Waals surface area contributed by atoms with E-state index in [1.165, 1.54) is 18.3 Å². The second-order valence-corrected chi connectivity index (χ2v) is 7.73. The summed E-state index contributed by atoms with van der Waals surface area (Å²) in [6.45, 7) is 2.33. The first-order valence-electron chi connectivity index (χ1n) is 10.6. The van der Waals surface area contributed by atoms with Crippen LogP contribution in [0, 0.1) is 10.1 Å². The summed E-state index contributed by atoms with van der Waals surface area (Å²) >= 11 is 6.43. The maximum atomic E-state index is 12.3. The van der Waals surface area contributed by atoms with Crippen LogP contribution in [0.4, 0.5) is 5.69 Å². The number of hydrogen-bond donors (Lipinski definition) is 1. The molecule has 0 aliphatic carbocycles. The Morgan fingerprint density at radius 1 is 1.14 bits per heavy atom. The first-order valence-corrected chi connectivity index (χ1v) is 11.0. The van der Waals surface area contributed by atoms with Gasteiger partial charge in [-0.05, 0) is 54.4 Å². The highest BCUT2D eigenvalue weighted by Crippen LogP contribution is 2.37. The largest absolute Gasteiger partial charge is 0.490 e. The number of nitro groups is 1. The fraction of sp³-hybridized carbons (Fsp3) is 0.120. The van der Waals surface area contributed by atoms with Gasteiger partial charge in [0.25, 0.3) is 5.69 Å². The number of amides is 1. The number of nitro benzene ring substituents is 1. The van der Waals surface area contributed by atoms with Crippen LogP contribution in [-0.4, -0.2) is 23.7 Å². The van der Waals surface area contributed by atoms with Gasteiger partial charge in [-0.2, -0.15) is 5.10 Å². The minimum Gasteiger partial charge on any atom is -0.490 e. The Morgan fingerprint density at radius 2 is 1.91 bits per heavy atom. The van der Waals surface area contributed by atoms with Crippen molar-refractivity contribution in [3.63, 3.8) is 0 Å². The summed E-state index contributed by atoms with van der Waals surface area (Å²) in [7, 11) is 0. The van der Waals surface area contributed by atoms with Gasteiger partial charge >= 0.3 is 5.91 Å². The van der Waals surface area contributed by atoms with Crippen LogP contribution < -0.4 is 14.9 Å². The van der Waals surface area contributed by atoms with Gasteiger partial charge < -0.3 is 13.9 Å². The highest BCUT2D eigenvalue weighted by Gasteiger charge is 2.14. The Hall–Kier alpha value is -4.37. The van der Waals surface area contributed by atoms with Crippen molar-refractivity contribution in [2.24, 2.45) is 5.10 Å². The Kier molecular flexibility index (Phi) is 7.27. The second-order valence-electron chi connectivity index (χ2n) is 7.32. The molecule has 1 amide bonds. The van der Waals surface area contributed by atoms with Crippen molar-refractivity contribution in [2.75, 3.05) is 6.61 Å². The lowest BCUT2D eigenvalue weighted by molar-refractivity contribution is -0.384. The van der Waals surface area contributed by atoms with Gasteiger partial charge in [0.1, 0.15) is 12.2 Å². The van der Waals surface area contributed by atoms with Crippen LogP contribution in [0.3, 0.4) is 0 Å². The molecule has 178 valence electrons. The van der Waals surface area contributed by atoms with Crippen molar-refractivity contribution < 1.29 is 23.6 Å². The van der Waals surface area contributed by atoms with E-state index >= 15 is 0 Å². The average molecular weight is 494 g/mol. The maximum Gasteiger partial charge on any atom is 0.307 e. The van der Waals surface area contributed by atoms with Gasteiger partial charge in [0.15, 0.2) is 17.3 Å². The molecule has 1 N–H and O–H groups in total. The Labute approximate surface area is 205 Å². The number of hydrazone groups is 1. The van der Waals surface area contributed by atoms with Crippen molar-refractivity contribution in [3.8, 4) is 11.5 Å². The predicted molar refractivity (Wildman–Crippen MR) is 131 cm³/mol. The topological polar surface area (TPSA) is 116 Å². The third kappa shape index (κ3) is 5.77. The minimum atomic E-state index is -0.489. The number of ether oxygens (including phenoxy) is 2. The van der Waals surface area contributed by atoms with E-state index in [2.05, 4.69) is 10.5 Å². The number of hydrogen-bond acceptors (Lipinski definition) is 7. The van der Waals surface area contributed by atoms with Crippen molar-refractivity contribution >= 4 is 40.4 Å². The summed E-state index contributed by atoms with van der Waals surface area (Å²) in [6, 6.07) is 18.3. The summed E-state index contributed by atoms with van der Waals surface area (Å²) < 4.78 is 17.0. The molecule has 0 aliphatic rings. The third-order valence-electron chi connectivity index (χ3n) is 4.89. The van der Waals surface area contributed by atoms with Gasteiger partial charge in [0.05, 0.1) is 22.8 Å². The van der Waals surface area contributed by atoms with E-state index in [4.69, 9.17) is 25.5 Å². The van der Waals surface area contributed by atoms with Gasteiger partial charge in [-0.25, -0.2) is 5.43 Å². The Balaban J connectivity index is 1.45. The molecule has 1 heterocycles. The molecule has 0 saturated heterocycles. The van der Waals surface area contributed by atoms with E-state index in [0.717, 1.165) is 10.9 Å². The van der Waals surface area contributed by atoms with E-state index in [0.29, 0.717) is 29.3 Å². The normalized spacial score (nSPS) is 11.0. The summed E-state index contributed by atoms with van der Waals surface area (Å²) in [5.74, 6) is 0.380. The smallest absolute Gasteiger partial charge is 0.307 e. The molecular formula is C25H20ClN3O6. The number of nitrogens with zero attached hydrogens (tertiary/aromatic N) is 2. The zero-order valence-corrected chi connectivity index (χ0v) is 19.3. The van der Waals surface area contributed by atoms with Crippen molar-refractivity contribution in [1.29, 1.82) is 0 Å². The summed E-state index contributed by atoms with van der Waals surface area (Å²) in [4.78, 5) is 22.7. The molecule has 10 heteroatoms. The summed E-state index contributed by atoms with van der Waals surface area (Å²) in [5.41, 5.74) is 4.34. The number of rotatable bonds is 9. The standard InChI is InChI=1S/C25H20ClN3O6/c1-2-33-22-12-17(14-27-28-25(30)23-13-18-5-3-4-6-21(18)35-23)11-20(26)24(22)34-15-16-7-9-19(10-8-16)29(31)32/h3-14H,2,15H2,1H3,(H,28,30)/b27-14+. The first-order chi connectivity index (χ1) is 16.9. The monoisotopic (exact) mass is 493 g/mol. The quantitative estimate of drug-likeness (QED) is 0.181. The van der Waals surface area contributed by atoms with Crippen LogP contribution in [0.15, 0.2) is 76.2 Å². The molecule has 0 bridgehead atoms. The second kappa shape index (κ2) is 10.7. The summed E-state index contributed by atoms with van der Waals surface area (Å²) in [5, 5.41) is 15.9. The van der Waals surface area contributed by atoms with Gasteiger partial charge in [-0.3, -0.25) is 14.9 Å². The number of carbonyl (C=O) groups is 1. The van der Waals surface area contributed by atoms with Crippen molar-refractivity contribution in [3.05, 3.63) is 98.8 Å². The van der Waals surface area contributed by atoms with Crippen LogP contribution in [0.1, 0.15) is 28.6 Å². The molecule has 4 aromatic rings. The van der Waals surface area contributed by atoms with E-state index < -0.39 is 10.8 Å². The van der Waals surface area contributed by atoms with Crippen LogP contribution in [0.25, 0.3) is 11.0 Å². The number of halogens is 1. The fourth-order valence-corrected chi connectivity index (χ4v) is 3.52. The molecule has 3 aromatic carbocycles. The third-order valence-corrected chi connectivity index (χ3v) is 5.17. The van der Waals surface area contributed by atoms with E-state index in [1.54, 1.807) is 36.4 Å². The number of furan rings is 1. The van der Waals surface area contributed by atoms with Gasteiger partial charge in [-0.15, -0.1) is 0 Å². The highest BCUT2D eigenvalue weighted by molar-refractivity contribution is 6.32. The lowest BCUT2D eigenvalue weighted by Gasteiger charge is -2.14. The van der Waals surface area contributed by atoms with Crippen molar-refractivity contribution in [2.45, 2.75) is 13.5 Å². The molecule has 0 radical (unpaired) electrons. The molecule has 1 aromatic heterocycles. The van der Waals surface area contributed by atoms with Gasteiger partial charge in [-0.1, -0.05) is 29.8 Å². The number of para-hydroxylation sites is 1. The first kappa shape index (κ1) is 23.8. The fourth-order valence-electron chi connectivity index (χ4n) is 3.25. The molecule has 9 nitrogen and oxygen atoms in total. The van der Waals surface area contributed by atoms with Crippen LogP contribution in [0.2, 0.25) is 5.02 Å². The number of fused-ring (bicyclic) bond motifs is 1. The molecule has 0 aliphatic heterocycles. The predicted octanol–water partition coefficient (Wildman–Crippen LogP) is 5.74. The highest BCUT2D eigenvalue weighted by atomic mass is 35.5. The summed E-state index contributed by atoms with van der Waals surface area (Å²) in [6.07, 6.45) is 1.43. The number of non-ortho nitro benzene ring substituents is 1. The molecule has 0 atom stereocenters. The van der Waals surface area contributed by atoms with Crippen molar-refractivity contribution in [1.82, 2.24) is 5.43 Å². The van der Waals surface area contributed by atoms with Crippen LogP contribution in [0.5, 0.6) is 11.5 Å². The number of carbonyl (C=O) groups excluding carboxylic acids is 1. The molecule has 4 rings (SSSR count). The van der Waals surface area contributed by atoms with E-state index in [9.17, 15) is 14.9 Å². The molecular weight excluding hydrogens is 474 g/mol. The molecule has 0 saturated carbocycles. The lowest BCUT2D eigenvalue weighted by atomic mass is 10.2. The van der Waals surface area contributed by atoms with E-state index in [-0.39, 0.29) is 23.1 Å². The Morgan fingerprint density at radius 3 is 2.63 bits per heavy atom. The SMILES string of the molecule is CCOc1cc(/C=N/NC(=O)c2cc3ccccc3o2)cc(Cl)c1OCc1ccc([N+](=O)[O-])cc1. The van der Waals surface area contributed by atoms with Crippen LogP contribution in [-0.2, 0) is 6.61 Å². The van der Waals surface area contributed by atoms with Gasteiger partial charge in [0.2, 0.25) is 0 Å². The van der Waals surface area contributed by atoms with Crippen LogP contribution >= 0.6 is 11.6 Å². The zero-order chi connectivity index (χ0) is 24.8. The molecule has 0 unspecified atom stereocenters. The average Bonchev–Trinajstić information content (AvgIpc) is 3.28. The minimum absolute atomic E-state index is 0.00200. The molecule has 0 spiro atoms. The maximum absolute atomic E-state index is 12.3. The number of nitrogens with one attached hydrogen (secondary N) is 1.